The first-order valence-corrected chi connectivity index (χ1v) is 12.5. The highest BCUT2D eigenvalue weighted by Gasteiger charge is 2.37. The molecule has 2 rings (SSSR count). The lowest BCUT2D eigenvalue weighted by molar-refractivity contribution is 0.0750. The number of carbonyl (C=O) groups excluding carboxylic acids is 2. The molecular weight excluding hydrogens is 404 g/mol. The van der Waals surface area contributed by atoms with Crippen molar-refractivity contribution < 1.29 is 9.59 Å². The third-order valence-electron chi connectivity index (χ3n) is 6.69. The van der Waals surface area contributed by atoms with Crippen molar-refractivity contribution in [3.8, 4) is 0 Å². The van der Waals surface area contributed by atoms with Crippen LogP contribution in [-0.4, -0.2) is 11.6 Å². The highest BCUT2D eigenvalue weighted by molar-refractivity contribution is 6.15. The van der Waals surface area contributed by atoms with Crippen molar-refractivity contribution in [2.24, 2.45) is 11.8 Å². The molecule has 0 heterocycles. The average molecular weight is 447 g/mol. The number of fused-ring (bicyclic) bond motifs is 1. The van der Waals surface area contributed by atoms with Gasteiger partial charge in [0.1, 0.15) is 0 Å². The van der Waals surface area contributed by atoms with Crippen LogP contribution in [-0.2, 0) is 0 Å². The summed E-state index contributed by atoms with van der Waals surface area (Å²) in [5, 5.41) is 0. The van der Waals surface area contributed by atoms with Gasteiger partial charge in [0.25, 0.3) is 0 Å². The second kappa shape index (κ2) is 13.3. The summed E-state index contributed by atoms with van der Waals surface area (Å²) < 4.78 is 0. The molecule has 1 aromatic rings. The van der Waals surface area contributed by atoms with Crippen molar-refractivity contribution in [2.75, 3.05) is 0 Å². The van der Waals surface area contributed by atoms with Crippen LogP contribution in [0.15, 0.2) is 70.9 Å². The predicted octanol–water partition coefficient (Wildman–Crippen LogP) is 8.85. The number of allylic oxidation sites excluding steroid dienone is 8. The molecule has 0 aliphatic heterocycles. The van der Waals surface area contributed by atoms with Gasteiger partial charge in [0.15, 0.2) is 11.6 Å². The van der Waals surface area contributed by atoms with Gasteiger partial charge in [-0.25, -0.2) is 0 Å². The minimum atomic E-state index is -0.253. The maximum absolute atomic E-state index is 12.9. The maximum atomic E-state index is 12.9. The second-order valence-corrected chi connectivity index (χ2v) is 9.95. The van der Waals surface area contributed by atoms with Crippen LogP contribution in [0.2, 0.25) is 0 Å². The number of Topliss-reactive ketones (excluding diaryl/α,β-unsaturated/α-hetero) is 2. The molecule has 0 N–H and O–H groups in total. The Bertz CT molecular complexity index is 951. The van der Waals surface area contributed by atoms with E-state index in [-0.39, 0.29) is 23.4 Å². The molecule has 1 aliphatic rings. The van der Waals surface area contributed by atoms with Gasteiger partial charge in [-0.05, 0) is 79.6 Å². The number of benzene rings is 1. The van der Waals surface area contributed by atoms with Crippen LogP contribution in [0.25, 0.3) is 0 Å². The zero-order valence-electron chi connectivity index (χ0n) is 21.5. The van der Waals surface area contributed by atoms with Gasteiger partial charge >= 0.3 is 0 Å². The van der Waals surface area contributed by atoms with Gasteiger partial charge in [-0.1, -0.05) is 77.8 Å². The van der Waals surface area contributed by atoms with Crippen LogP contribution in [0.3, 0.4) is 0 Å². The van der Waals surface area contributed by atoms with Crippen molar-refractivity contribution in [1.82, 2.24) is 0 Å². The van der Waals surface area contributed by atoms with E-state index in [9.17, 15) is 9.59 Å². The van der Waals surface area contributed by atoms with Crippen molar-refractivity contribution in [3.05, 3.63) is 82.0 Å². The van der Waals surface area contributed by atoms with Gasteiger partial charge in [-0.3, -0.25) is 9.59 Å². The van der Waals surface area contributed by atoms with Gasteiger partial charge in [-0.15, -0.1) is 0 Å². The molecule has 2 heteroatoms. The molecule has 1 aliphatic carbocycles. The first-order valence-electron chi connectivity index (χ1n) is 12.5. The molecule has 0 saturated heterocycles. The van der Waals surface area contributed by atoms with Crippen LogP contribution in [0.5, 0.6) is 0 Å². The Morgan fingerprint density at radius 2 is 1.15 bits per heavy atom. The molecule has 0 aromatic heterocycles. The van der Waals surface area contributed by atoms with E-state index in [1.165, 1.54) is 22.3 Å². The molecule has 178 valence electrons. The van der Waals surface area contributed by atoms with E-state index in [0.29, 0.717) is 17.5 Å². The molecule has 0 spiro atoms. The first-order chi connectivity index (χ1) is 15.7. The number of carbonyl (C=O) groups is 2. The Kier molecular flexibility index (Phi) is 10.8. The van der Waals surface area contributed by atoms with E-state index in [1.54, 1.807) is 12.1 Å². The van der Waals surface area contributed by atoms with E-state index < -0.39 is 0 Å². The lowest BCUT2D eigenvalue weighted by Gasteiger charge is -2.27. The summed E-state index contributed by atoms with van der Waals surface area (Å²) in [6.07, 6.45) is 16.4. The van der Waals surface area contributed by atoms with Gasteiger partial charge in [0, 0.05) is 23.0 Å². The molecule has 0 fully saturated rings. The topological polar surface area (TPSA) is 34.1 Å². The normalized spacial score (nSPS) is 19.5. The van der Waals surface area contributed by atoms with Gasteiger partial charge in [0.2, 0.25) is 0 Å². The van der Waals surface area contributed by atoms with Crippen LogP contribution in [0.4, 0.5) is 0 Å². The molecular formula is C31H42O2. The summed E-state index contributed by atoms with van der Waals surface area (Å²) in [5.41, 5.74) is 6.79. The summed E-state index contributed by atoms with van der Waals surface area (Å²) in [5.74, 6) is -0.286. The third kappa shape index (κ3) is 8.42. The monoisotopic (exact) mass is 446 g/mol. The quantitative estimate of drug-likeness (QED) is 0.318. The average Bonchev–Trinajstić information content (AvgIpc) is 2.77. The Labute approximate surface area is 201 Å². The van der Waals surface area contributed by atoms with E-state index >= 15 is 0 Å². The van der Waals surface area contributed by atoms with E-state index in [1.807, 2.05) is 19.1 Å². The van der Waals surface area contributed by atoms with Crippen molar-refractivity contribution in [2.45, 2.75) is 86.5 Å². The second-order valence-electron chi connectivity index (χ2n) is 9.95. The highest BCUT2D eigenvalue weighted by atomic mass is 16.1. The lowest BCUT2D eigenvalue weighted by atomic mass is 9.73. The zero-order chi connectivity index (χ0) is 24.4. The summed E-state index contributed by atoms with van der Waals surface area (Å²) in [6.45, 7) is 12.8. The number of rotatable bonds is 11. The van der Waals surface area contributed by atoms with Crippen LogP contribution >= 0.6 is 0 Å². The van der Waals surface area contributed by atoms with Crippen molar-refractivity contribution >= 4 is 11.6 Å². The van der Waals surface area contributed by atoms with Crippen LogP contribution in [0, 0.1) is 11.8 Å². The fourth-order valence-electron chi connectivity index (χ4n) is 4.39. The zero-order valence-corrected chi connectivity index (χ0v) is 21.5. The predicted molar refractivity (Wildman–Crippen MR) is 141 cm³/mol. The van der Waals surface area contributed by atoms with E-state index in [0.717, 1.165) is 38.5 Å². The highest BCUT2D eigenvalue weighted by Crippen LogP contribution is 2.32. The minimum Gasteiger partial charge on any atom is -0.294 e. The summed E-state index contributed by atoms with van der Waals surface area (Å²) in [4.78, 5) is 25.6. The smallest absolute Gasteiger partial charge is 0.167 e. The summed E-state index contributed by atoms with van der Waals surface area (Å²) in [6, 6.07) is 7.24. The van der Waals surface area contributed by atoms with Gasteiger partial charge in [0.05, 0.1) is 0 Å². The Balaban J connectivity index is 1.80. The molecule has 0 bridgehead atoms. The molecule has 0 radical (unpaired) electrons. The van der Waals surface area contributed by atoms with E-state index in [4.69, 9.17) is 0 Å². The van der Waals surface area contributed by atoms with Crippen molar-refractivity contribution in [3.63, 3.8) is 0 Å². The molecule has 33 heavy (non-hydrogen) atoms. The lowest BCUT2D eigenvalue weighted by Crippen LogP contribution is -2.34. The van der Waals surface area contributed by atoms with Crippen LogP contribution < -0.4 is 0 Å². The standard InChI is InChI=1S/C31H42O2/c1-22(2)12-9-13-23(3)14-10-15-24(4)16-11-17-25(5)20-21-27-26(6)30(32)28-18-7-8-19-29(28)31(27)33/h7-8,12,14,16,18-20,26-27H,9-11,13,15,17,21H2,1-6H3/b23-14+,24-16+,25-20+/t26-,27+/m1/s1. The Hall–Kier alpha value is -2.48. The maximum Gasteiger partial charge on any atom is 0.167 e. The number of hydrogen-bond donors (Lipinski definition) is 0. The number of hydrogen-bond acceptors (Lipinski definition) is 2. The Morgan fingerprint density at radius 3 is 1.67 bits per heavy atom. The van der Waals surface area contributed by atoms with Crippen molar-refractivity contribution in [1.29, 1.82) is 0 Å². The molecule has 0 unspecified atom stereocenters. The molecule has 1 aromatic carbocycles. The Morgan fingerprint density at radius 1 is 0.697 bits per heavy atom. The van der Waals surface area contributed by atoms with Crippen LogP contribution in [0.1, 0.15) is 107 Å². The summed E-state index contributed by atoms with van der Waals surface area (Å²) >= 11 is 0. The third-order valence-corrected chi connectivity index (χ3v) is 6.69. The molecule has 0 saturated carbocycles. The molecule has 0 amide bonds. The molecule has 2 atom stereocenters. The minimum absolute atomic E-state index is 0.0982. The summed E-state index contributed by atoms with van der Waals surface area (Å²) in [7, 11) is 0. The first kappa shape index (κ1) is 26.8. The fourth-order valence-corrected chi connectivity index (χ4v) is 4.39. The largest absolute Gasteiger partial charge is 0.294 e. The van der Waals surface area contributed by atoms with Gasteiger partial charge in [-0.2, -0.15) is 0 Å². The fraction of sp³-hybridized carbons (Fsp3) is 0.484. The van der Waals surface area contributed by atoms with Gasteiger partial charge < -0.3 is 0 Å². The van der Waals surface area contributed by atoms with E-state index in [2.05, 4.69) is 58.9 Å². The number of ketones is 2. The SMILES string of the molecule is CC(C)=CCC/C(C)=C/CC/C(C)=C/CC/C(C)=C/C[C@@H]1C(=O)c2ccccc2C(=O)[C@@H]1C. The molecule has 2 nitrogen and oxygen atoms in total.